The Morgan fingerprint density at radius 1 is 1.29 bits per heavy atom. The minimum atomic E-state index is -1.09. The van der Waals surface area contributed by atoms with E-state index in [-0.39, 0.29) is 11.6 Å². The van der Waals surface area contributed by atoms with Gasteiger partial charge in [-0.25, -0.2) is 9.48 Å². The van der Waals surface area contributed by atoms with Crippen molar-refractivity contribution in [3.63, 3.8) is 0 Å². The molecule has 21 heavy (non-hydrogen) atoms. The minimum absolute atomic E-state index is 0.0350. The Bertz CT molecular complexity index is 661. The molecule has 1 heterocycles. The van der Waals surface area contributed by atoms with E-state index in [1.165, 1.54) is 4.68 Å². The molecule has 0 radical (unpaired) electrons. The van der Waals surface area contributed by atoms with Gasteiger partial charge in [0.25, 0.3) is 5.91 Å². The molecule has 0 bridgehead atoms. The van der Waals surface area contributed by atoms with Crippen molar-refractivity contribution in [3.05, 3.63) is 41.2 Å². The van der Waals surface area contributed by atoms with E-state index in [2.05, 4.69) is 15.6 Å². The Kier molecular flexibility index (Phi) is 4.32. The lowest BCUT2D eigenvalue weighted by Crippen LogP contribution is -2.17. The summed E-state index contributed by atoms with van der Waals surface area (Å²) in [6, 6.07) is 6.74. The summed E-state index contributed by atoms with van der Waals surface area (Å²) in [7, 11) is 1.56. The van der Waals surface area contributed by atoms with Gasteiger partial charge in [0.1, 0.15) is 0 Å². The number of carbonyl (C=O) groups excluding carboxylic acids is 1. The molecule has 110 valence electrons. The predicted octanol–water partition coefficient (Wildman–Crippen LogP) is 1.28. The molecule has 0 unspecified atom stereocenters. The maximum absolute atomic E-state index is 11.5. The molecule has 0 atom stereocenters. The highest BCUT2D eigenvalue weighted by Gasteiger charge is 2.19. The van der Waals surface area contributed by atoms with Crippen LogP contribution in [0.15, 0.2) is 24.3 Å². The largest absolute Gasteiger partial charge is 0.476 e. The zero-order chi connectivity index (χ0) is 15.4. The molecule has 0 aliphatic heterocycles. The minimum Gasteiger partial charge on any atom is -0.476 e. The zero-order valence-electron chi connectivity index (χ0n) is 11.8. The second kappa shape index (κ2) is 6.17. The van der Waals surface area contributed by atoms with Crippen LogP contribution in [-0.2, 0) is 6.42 Å². The van der Waals surface area contributed by atoms with Crippen LogP contribution in [0.5, 0.6) is 0 Å². The average Bonchev–Trinajstić information content (AvgIpc) is 2.91. The van der Waals surface area contributed by atoms with E-state index in [1.54, 1.807) is 31.3 Å². The van der Waals surface area contributed by atoms with Crippen molar-refractivity contribution in [2.24, 2.45) is 0 Å². The topological polar surface area (TPSA) is 97.1 Å². The molecule has 0 aliphatic carbocycles. The summed E-state index contributed by atoms with van der Waals surface area (Å²) in [5, 5.41) is 19.3. The van der Waals surface area contributed by atoms with E-state index >= 15 is 0 Å². The highest BCUT2D eigenvalue weighted by atomic mass is 16.4. The van der Waals surface area contributed by atoms with E-state index in [9.17, 15) is 9.59 Å². The Hall–Kier alpha value is -2.70. The van der Waals surface area contributed by atoms with Crippen molar-refractivity contribution in [2.45, 2.75) is 19.8 Å². The van der Waals surface area contributed by atoms with Crippen LogP contribution in [0.2, 0.25) is 0 Å². The summed E-state index contributed by atoms with van der Waals surface area (Å²) in [4.78, 5) is 22.7. The first-order chi connectivity index (χ1) is 10.1. The third-order valence-electron chi connectivity index (χ3n) is 3.05. The van der Waals surface area contributed by atoms with Crippen molar-refractivity contribution in [3.8, 4) is 5.69 Å². The van der Waals surface area contributed by atoms with Gasteiger partial charge in [-0.1, -0.05) is 18.6 Å². The molecule has 1 amide bonds. The molecule has 0 saturated heterocycles. The number of benzene rings is 1. The molecular weight excluding hydrogens is 272 g/mol. The molecule has 7 heteroatoms. The SMILES string of the molecule is CCCc1c(C(=O)O)nnn1-c1ccc(C(=O)NC)cc1. The summed E-state index contributed by atoms with van der Waals surface area (Å²) in [5.41, 5.74) is 1.72. The van der Waals surface area contributed by atoms with Crippen molar-refractivity contribution >= 4 is 11.9 Å². The van der Waals surface area contributed by atoms with Crippen molar-refractivity contribution in [1.29, 1.82) is 0 Å². The summed E-state index contributed by atoms with van der Waals surface area (Å²) in [6.45, 7) is 1.96. The molecule has 0 aliphatic rings. The van der Waals surface area contributed by atoms with Crippen molar-refractivity contribution < 1.29 is 14.7 Å². The summed E-state index contributed by atoms with van der Waals surface area (Å²) in [5.74, 6) is -1.27. The third kappa shape index (κ3) is 2.91. The standard InChI is InChI=1S/C14H16N4O3/c1-3-4-11-12(14(20)21)16-17-18(11)10-7-5-9(6-8-10)13(19)15-2/h5-8H,3-4H2,1-2H3,(H,15,19)(H,20,21). The van der Waals surface area contributed by atoms with E-state index in [1.807, 2.05) is 6.92 Å². The van der Waals surface area contributed by atoms with Crippen molar-refractivity contribution in [1.82, 2.24) is 20.3 Å². The molecule has 0 fully saturated rings. The average molecular weight is 288 g/mol. The molecule has 0 saturated carbocycles. The van der Waals surface area contributed by atoms with Gasteiger partial charge in [-0.3, -0.25) is 4.79 Å². The van der Waals surface area contributed by atoms with Gasteiger partial charge in [0.15, 0.2) is 5.69 Å². The van der Waals surface area contributed by atoms with Gasteiger partial charge in [0.2, 0.25) is 0 Å². The summed E-state index contributed by atoms with van der Waals surface area (Å²) >= 11 is 0. The van der Waals surface area contributed by atoms with E-state index < -0.39 is 5.97 Å². The number of carboxylic acids is 1. The highest BCUT2D eigenvalue weighted by molar-refractivity contribution is 5.94. The number of hydrogen-bond acceptors (Lipinski definition) is 4. The molecular formula is C14H16N4O3. The monoisotopic (exact) mass is 288 g/mol. The maximum atomic E-state index is 11.5. The fourth-order valence-electron chi connectivity index (χ4n) is 2.03. The number of aromatic nitrogens is 3. The van der Waals surface area contributed by atoms with Crippen LogP contribution in [0.3, 0.4) is 0 Å². The first-order valence-electron chi connectivity index (χ1n) is 6.58. The normalized spacial score (nSPS) is 10.4. The Morgan fingerprint density at radius 2 is 1.95 bits per heavy atom. The first kappa shape index (κ1) is 14.7. The Balaban J connectivity index is 2.42. The molecule has 2 N–H and O–H groups in total. The van der Waals surface area contributed by atoms with Crippen LogP contribution in [0.1, 0.15) is 39.9 Å². The van der Waals surface area contributed by atoms with Crippen LogP contribution < -0.4 is 5.32 Å². The number of nitrogens with zero attached hydrogens (tertiary/aromatic N) is 3. The van der Waals surface area contributed by atoms with E-state index in [0.29, 0.717) is 23.4 Å². The quantitative estimate of drug-likeness (QED) is 0.863. The lowest BCUT2D eigenvalue weighted by molar-refractivity contribution is 0.0689. The number of hydrogen-bond donors (Lipinski definition) is 2. The second-order valence-corrected chi connectivity index (χ2v) is 4.48. The molecule has 0 spiro atoms. The first-order valence-corrected chi connectivity index (χ1v) is 6.58. The zero-order valence-corrected chi connectivity index (χ0v) is 11.8. The predicted molar refractivity (Wildman–Crippen MR) is 75.7 cm³/mol. The second-order valence-electron chi connectivity index (χ2n) is 4.48. The number of carbonyl (C=O) groups is 2. The molecule has 2 rings (SSSR count). The van der Waals surface area contributed by atoms with Gasteiger partial charge in [-0.2, -0.15) is 0 Å². The number of rotatable bonds is 5. The van der Waals surface area contributed by atoms with Gasteiger partial charge in [-0.15, -0.1) is 5.10 Å². The number of amides is 1. The van der Waals surface area contributed by atoms with Gasteiger partial charge >= 0.3 is 5.97 Å². The summed E-state index contributed by atoms with van der Waals surface area (Å²) < 4.78 is 1.50. The van der Waals surface area contributed by atoms with Crippen molar-refractivity contribution in [2.75, 3.05) is 7.05 Å². The van der Waals surface area contributed by atoms with E-state index in [4.69, 9.17) is 5.11 Å². The Labute approximate surface area is 121 Å². The van der Waals surface area contributed by atoms with Gasteiger partial charge in [0.05, 0.1) is 11.4 Å². The molecule has 1 aromatic heterocycles. The molecule has 1 aromatic carbocycles. The van der Waals surface area contributed by atoms with Crippen LogP contribution in [-0.4, -0.2) is 39.0 Å². The van der Waals surface area contributed by atoms with Crippen LogP contribution in [0.4, 0.5) is 0 Å². The summed E-state index contributed by atoms with van der Waals surface area (Å²) in [6.07, 6.45) is 1.34. The smallest absolute Gasteiger partial charge is 0.358 e. The van der Waals surface area contributed by atoms with Gasteiger partial charge < -0.3 is 10.4 Å². The number of nitrogens with one attached hydrogen (secondary N) is 1. The maximum Gasteiger partial charge on any atom is 0.358 e. The molecule has 7 nitrogen and oxygen atoms in total. The van der Waals surface area contributed by atoms with Crippen LogP contribution >= 0.6 is 0 Å². The number of carboxylic acid groups (broad SMARTS) is 1. The number of aromatic carboxylic acids is 1. The lowest BCUT2D eigenvalue weighted by atomic mass is 10.1. The fourth-order valence-corrected chi connectivity index (χ4v) is 2.03. The van der Waals surface area contributed by atoms with Crippen LogP contribution in [0.25, 0.3) is 5.69 Å². The van der Waals surface area contributed by atoms with Crippen LogP contribution in [0, 0.1) is 0 Å². The lowest BCUT2D eigenvalue weighted by Gasteiger charge is -2.07. The van der Waals surface area contributed by atoms with Gasteiger partial charge in [0, 0.05) is 12.6 Å². The van der Waals surface area contributed by atoms with Gasteiger partial charge in [-0.05, 0) is 30.7 Å². The third-order valence-corrected chi connectivity index (χ3v) is 3.05. The fraction of sp³-hybridized carbons (Fsp3) is 0.286. The Morgan fingerprint density at radius 3 is 2.48 bits per heavy atom. The highest BCUT2D eigenvalue weighted by Crippen LogP contribution is 2.16. The molecule has 2 aromatic rings. The van der Waals surface area contributed by atoms with E-state index in [0.717, 1.165) is 6.42 Å².